The van der Waals surface area contributed by atoms with Crippen LogP contribution >= 0.6 is 0 Å². The highest BCUT2D eigenvalue weighted by Gasteiger charge is 2.17. The predicted octanol–water partition coefficient (Wildman–Crippen LogP) is 2.49. The number of carbonyl (C=O) groups is 1. The van der Waals surface area contributed by atoms with Crippen molar-refractivity contribution in [2.45, 2.75) is 19.9 Å². The summed E-state index contributed by atoms with van der Waals surface area (Å²) in [6.07, 6.45) is 1.78. The van der Waals surface area contributed by atoms with Crippen LogP contribution in [0.2, 0.25) is 0 Å². The number of nitrogens with one attached hydrogen (secondary N) is 2. The van der Waals surface area contributed by atoms with E-state index in [1.165, 1.54) is 0 Å². The summed E-state index contributed by atoms with van der Waals surface area (Å²) in [6, 6.07) is 9.00. The lowest BCUT2D eigenvalue weighted by molar-refractivity contribution is 0.102. The number of nitrogens with zero attached hydrogens (tertiary/aromatic N) is 2. The van der Waals surface area contributed by atoms with Crippen molar-refractivity contribution in [3.05, 3.63) is 58.0 Å². The van der Waals surface area contributed by atoms with Gasteiger partial charge in [0.1, 0.15) is 0 Å². The maximum atomic E-state index is 12.8. The largest absolute Gasteiger partial charge is 0.382 e. The Morgan fingerprint density at radius 1 is 1.36 bits per heavy atom. The van der Waals surface area contributed by atoms with Gasteiger partial charge in [-0.3, -0.25) is 14.3 Å². The number of ether oxygens (including phenoxy) is 1. The number of pyridine rings is 1. The Balaban J connectivity index is 1.93. The van der Waals surface area contributed by atoms with Gasteiger partial charge in [0.05, 0.1) is 18.2 Å². The fourth-order valence-electron chi connectivity index (χ4n) is 2.78. The maximum absolute atomic E-state index is 12.8. The molecule has 0 saturated carbocycles. The molecule has 0 radical (unpaired) electrons. The molecule has 2 aromatic heterocycles. The van der Waals surface area contributed by atoms with Gasteiger partial charge in [-0.25, -0.2) is 0 Å². The number of hydrogen-bond donors (Lipinski definition) is 2. The first-order chi connectivity index (χ1) is 12.0. The smallest absolute Gasteiger partial charge is 0.258 e. The number of carbonyl (C=O) groups excluding carboxylic acids is 1. The standard InChI is InChI=1S/C18H20N4O3/c1-11(10-25-3)22-9-8-15(21-22)20-18(24)16-12(2)17(23)19-14-7-5-4-6-13(14)16/h4-9,11H,10H2,1-3H3,(H,19,23)(H,20,21,24). The Labute approximate surface area is 144 Å². The Hall–Kier alpha value is -2.93. The number of aromatic nitrogens is 3. The van der Waals surface area contributed by atoms with E-state index in [-0.39, 0.29) is 17.5 Å². The van der Waals surface area contributed by atoms with Crippen LogP contribution in [0.3, 0.4) is 0 Å². The van der Waals surface area contributed by atoms with Gasteiger partial charge in [0, 0.05) is 35.8 Å². The molecule has 25 heavy (non-hydrogen) atoms. The predicted molar refractivity (Wildman–Crippen MR) is 96.1 cm³/mol. The molecule has 0 aliphatic carbocycles. The van der Waals surface area contributed by atoms with E-state index in [2.05, 4.69) is 15.4 Å². The van der Waals surface area contributed by atoms with Crippen molar-refractivity contribution >= 4 is 22.6 Å². The minimum atomic E-state index is -0.357. The average Bonchev–Trinajstić information content (AvgIpc) is 3.04. The number of fused-ring (bicyclic) bond motifs is 1. The number of hydrogen-bond acceptors (Lipinski definition) is 4. The van der Waals surface area contributed by atoms with Crippen molar-refractivity contribution in [3.63, 3.8) is 0 Å². The summed E-state index contributed by atoms with van der Waals surface area (Å²) in [5, 5.41) is 7.81. The topological polar surface area (TPSA) is 89.0 Å². The Morgan fingerprint density at radius 3 is 2.88 bits per heavy atom. The molecule has 0 aliphatic heterocycles. The number of benzene rings is 1. The molecule has 130 valence electrons. The number of amides is 1. The first kappa shape index (κ1) is 16.9. The second-order valence-corrected chi connectivity index (χ2v) is 5.94. The minimum absolute atomic E-state index is 0.0535. The van der Waals surface area contributed by atoms with Crippen LogP contribution in [-0.2, 0) is 4.74 Å². The van der Waals surface area contributed by atoms with Gasteiger partial charge in [0.15, 0.2) is 5.82 Å². The van der Waals surface area contributed by atoms with E-state index < -0.39 is 0 Å². The quantitative estimate of drug-likeness (QED) is 0.747. The lowest BCUT2D eigenvalue weighted by Crippen LogP contribution is -2.21. The number of rotatable bonds is 5. The van der Waals surface area contributed by atoms with Crippen molar-refractivity contribution in [2.75, 3.05) is 19.0 Å². The molecule has 2 N–H and O–H groups in total. The molecule has 0 saturated heterocycles. The first-order valence-corrected chi connectivity index (χ1v) is 7.98. The highest BCUT2D eigenvalue weighted by Crippen LogP contribution is 2.19. The monoisotopic (exact) mass is 340 g/mol. The Kier molecular flexibility index (Phi) is 4.67. The fourth-order valence-corrected chi connectivity index (χ4v) is 2.78. The molecule has 2 heterocycles. The third-order valence-electron chi connectivity index (χ3n) is 4.10. The SMILES string of the molecule is COCC(C)n1ccc(NC(=O)c2c(C)c(=O)[nH]c3ccccc23)n1. The van der Waals surface area contributed by atoms with Gasteiger partial charge in [0.2, 0.25) is 0 Å². The molecule has 0 aliphatic rings. The molecule has 1 aromatic carbocycles. The lowest BCUT2D eigenvalue weighted by Gasteiger charge is -2.11. The summed E-state index contributed by atoms with van der Waals surface area (Å²) in [6.45, 7) is 4.13. The minimum Gasteiger partial charge on any atom is -0.382 e. The van der Waals surface area contributed by atoms with Crippen LogP contribution in [0, 0.1) is 6.92 Å². The second-order valence-electron chi connectivity index (χ2n) is 5.94. The molecular weight excluding hydrogens is 320 g/mol. The summed E-state index contributed by atoms with van der Waals surface area (Å²) in [5.74, 6) is 0.0705. The van der Waals surface area contributed by atoms with E-state index in [1.807, 2.05) is 25.1 Å². The molecule has 0 bridgehead atoms. The molecular formula is C18H20N4O3. The van der Waals surface area contributed by atoms with Gasteiger partial charge in [0.25, 0.3) is 11.5 Å². The number of anilines is 1. The van der Waals surface area contributed by atoms with Crippen molar-refractivity contribution < 1.29 is 9.53 Å². The van der Waals surface area contributed by atoms with Crippen molar-refractivity contribution in [1.29, 1.82) is 0 Å². The molecule has 3 rings (SSSR count). The molecule has 1 atom stereocenters. The summed E-state index contributed by atoms with van der Waals surface area (Å²) in [4.78, 5) is 27.7. The van der Waals surface area contributed by atoms with E-state index in [0.29, 0.717) is 34.5 Å². The Bertz CT molecular complexity index is 974. The maximum Gasteiger partial charge on any atom is 0.258 e. The number of methoxy groups -OCH3 is 1. The van der Waals surface area contributed by atoms with Gasteiger partial charge in [-0.05, 0) is 19.9 Å². The zero-order valence-electron chi connectivity index (χ0n) is 14.4. The molecule has 7 heteroatoms. The van der Waals surface area contributed by atoms with Crippen LogP contribution in [0.5, 0.6) is 0 Å². The summed E-state index contributed by atoms with van der Waals surface area (Å²) in [7, 11) is 1.63. The van der Waals surface area contributed by atoms with Gasteiger partial charge in [-0.15, -0.1) is 0 Å². The Morgan fingerprint density at radius 2 is 2.12 bits per heavy atom. The molecule has 3 aromatic rings. The van der Waals surface area contributed by atoms with Crippen LogP contribution in [0.4, 0.5) is 5.82 Å². The van der Waals surface area contributed by atoms with Gasteiger partial charge in [-0.1, -0.05) is 18.2 Å². The number of aromatic amines is 1. The highest BCUT2D eigenvalue weighted by atomic mass is 16.5. The molecule has 0 fully saturated rings. The van der Waals surface area contributed by atoms with Crippen LogP contribution < -0.4 is 10.9 Å². The van der Waals surface area contributed by atoms with Gasteiger partial charge in [-0.2, -0.15) is 5.10 Å². The normalized spacial score (nSPS) is 12.3. The van der Waals surface area contributed by atoms with E-state index in [0.717, 1.165) is 0 Å². The molecule has 1 unspecified atom stereocenters. The van der Waals surface area contributed by atoms with Crippen molar-refractivity contribution in [2.24, 2.45) is 0 Å². The van der Waals surface area contributed by atoms with Crippen molar-refractivity contribution in [3.8, 4) is 0 Å². The first-order valence-electron chi connectivity index (χ1n) is 7.98. The number of H-pyrrole nitrogens is 1. The van der Waals surface area contributed by atoms with Crippen LogP contribution in [-0.4, -0.2) is 34.4 Å². The highest BCUT2D eigenvalue weighted by molar-refractivity contribution is 6.12. The van der Waals surface area contributed by atoms with E-state index in [1.54, 1.807) is 37.0 Å². The molecule has 1 amide bonds. The van der Waals surface area contributed by atoms with E-state index in [4.69, 9.17) is 4.74 Å². The molecule has 7 nitrogen and oxygen atoms in total. The van der Waals surface area contributed by atoms with Crippen LogP contribution in [0.25, 0.3) is 10.9 Å². The third-order valence-corrected chi connectivity index (χ3v) is 4.10. The lowest BCUT2D eigenvalue weighted by atomic mass is 10.0. The zero-order valence-corrected chi connectivity index (χ0v) is 14.4. The van der Waals surface area contributed by atoms with E-state index >= 15 is 0 Å². The number of para-hydroxylation sites is 1. The van der Waals surface area contributed by atoms with E-state index in [9.17, 15) is 9.59 Å². The average molecular weight is 340 g/mol. The summed E-state index contributed by atoms with van der Waals surface area (Å²) >= 11 is 0. The fraction of sp³-hybridized carbons (Fsp3) is 0.278. The summed E-state index contributed by atoms with van der Waals surface area (Å²) < 4.78 is 6.83. The molecule has 0 spiro atoms. The van der Waals surface area contributed by atoms with Gasteiger partial charge >= 0.3 is 0 Å². The van der Waals surface area contributed by atoms with Crippen molar-refractivity contribution in [1.82, 2.24) is 14.8 Å². The van der Waals surface area contributed by atoms with Gasteiger partial charge < -0.3 is 15.0 Å². The summed E-state index contributed by atoms with van der Waals surface area (Å²) in [5.41, 5.74) is 1.09. The zero-order chi connectivity index (χ0) is 18.0. The second kappa shape index (κ2) is 6.90. The van der Waals surface area contributed by atoms with Crippen LogP contribution in [0.1, 0.15) is 28.9 Å². The van der Waals surface area contributed by atoms with Crippen LogP contribution in [0.15, 0.2) is 41.3 Å². The third kappa shape index (κ3) is 3.32.